The first-order valence-corrected chi connectivity index (χ1v) is 7.12. The van der Waals surface area contributed by atoms with E-state index in [1.807, 2.05) is 30.3 Å². The van der Waals surface area contributed by atoms with E-state index in [9.17, 15) is 4.79 Å². The zero-order valence-corrected chi connectivity index (χ0v) is 12.1. The van der Waals surface area contributed by atoms with Crippen LogP contribution in [-0.4, -0.2) is 5.91 Å². The quantitative estimate of drug-likeness (QED) is 0.908. The molecular weight excluding hydrogens is 312 g/mol. The molecule has 94 valence electrons. The summed E-state index contributed by atoms with van der Waals surface area (Å²) in [6.45, 7) is 0.984. The summed E-state index contributed by atoms with van der Waals surface area (Å²) in [5.41, 5.74) is 7.77. The zero-order chi connectivity index (χ0) is 13.0. The number of nitrogens with one attached hydrogen (secondary N) is 1. The minimum atomic E-state index is -0.0578. The summed E-state index contributed by atoms with van der Waals surface area (Å²) in [5, 5.41) is 2.90. The molecule has 0 unspecified atom stereocenters. The summed E-state index contributed by atoms with van der Waals surface area (Å²) in [6.07, 6.45) is 0. The van der Waals surface area contributed by atoms with E-state index in [-0.39, 0.29) is 5.91 Å². The van der Waals surface area contributed by atoms with Crippen LogP contribution in [-0.2, 0) is 13.1 Å². The third kappa shape index (κ3) is 3.19. The van der Waals surface area contributed by atoms with Crippen molar-refractivity contribution in [2.45, 2.75) is 13.1 Å². The Balaban J connectivity index is 2.01. The summed E-state index contributed by atoms with van der Waals surface area (Å²) >= 11 is 4.76. The number of carbonyl (C=O) groups excluding carboxylic acids is 1. The van der Waals surface area contributed by atoms with Crippen LogP contribution in [0, 0.1) is 0 Å². The number of hydrogen-bond donors (Lipinski definition) is 2. The number of benzene rings is 1. The lowest BCUT2D eigenvalue weighted by Crippen LogP contribution is -2.22. The highest BCUT2D eigenvalue weighted by Crippen LogP contribution is 2.21. The second-order valence-corrected chi connectivity index (χ2v) is 6.22. The molecule has 1 amide bonds. The first-order chi connectivity index (χ1) is 8.70. The normalized spacial score (nSPS) is 10.3. The summed E-state index contributed by atoms with van der Waals surface area (Å²) in [5.74, 6) is -0.0578. The fourth-order valence-electron chi connectivity index (χ4n) is 1.63. The molecule has 0 aliphatic carbocycles. The minimum absolute atomic E-state index is 0.0578. The molecule has 1 aromatic carbocycles. The van der Waals surface area contributed by atoms with E-state index in [2.05, 4.69) is 21.2 Å². The van der Waals surface area contributed by atoms with E-state index < -0.39 is 0 Å². The Hall–Kier alpha value is -1.17. The third-order valence-electron chi connectivity index (χ3n) is 2.57. The molecule has 1 aromatic heterocycles. The first-order valence-electron chi connectivity index (χ1n) is 5.51. The van der Waals surface area contributed by atoms with Gasteiger partial charge in [-0.3, -0.25) is 4.79 Å². The zero-order valence-electron chi connectivity index (χ0n) is 9.65. The Kier molecular flexibility index (Phi) is 4.52. The van der Waals surface area contributed by atoms with Crippen molar-refractivity contribution >= 4 is 33.2 Å². The number of amides is 1. The largest absolute Gasteiger partial charge is 0.347 e. The van der Waals surface area contributed by atoms with E-state index >= 15 is 0 Å². The van der Waals surface area contributed by atoms with Gasteiger partial charge in [0.05, 0.1) is 8.66 Å². The molecule has 5 heteroatoms. The lowest BCUT2D eigenvalue weighted by Gasteiger charge is -2.08. The molecule has 2 rings (SSSR count). The highest BCUT2D eigenvalue weighted by atomic mass is 79.9. The summed E-state index contributed by atoms with van der Waals surface area (Å²) in [7, 11) is 0. The Morgan fingerprint density at radius 1 is 1.22 bits per heavy atom. The van der Waals surface area contributed by atoms with Crippen LogP contribution < -0.4 is 11.1 Å². The lowest BCUT2D eigenvalue weighted by atomic mass is 10.1. The van der Waals surface area contributed by atoms with Gasteiger partial charge < -0.3 is 11.1 Å². The molecule has 3 N–H and O–H groups in total. The highest BCUT2D eigenvalue weighted by molar-refractivity contribution is 9.11. The maximum Gasteiger partial charge on any atom is 0.261 e. The Labute approximate surface area is 118 Å². The lowest BCUT2D eigenvalue weighted by molar-refractivity contribution is 0.0955. The number of hydrogen-bond acceptors (Lipinski definition) is 3. The fourth-order valence-corrected chi connectivity index (χ4v) is 2.93. The van der Waals surface area contributed by atoms with Crippen molar-refractivity contribution < 1.29 is 4.79 Å². The van der Waals surface area contributed by atoms with Gasteiger partial charge in [0, 0.05) is 13.1 Å². The number of rotatable bonds is 4. The Bertz CT molecular complexity index is 553. The summed E-state index contributed by atoms with van der Waals surface area (Å²) in [4.78, 5) is 12.6. The topological polar surface area (TPSA) is 55.1 Å². The van der Waals surface area contributed by atoms with Crippen molar-refractivity contribution in [1.82, 2.24) is 5.32 Å². The van der Waals surface area contributed by atoms with Crippen LogP contribution in [0.3, 0.4) is 0 Å². The van der Waals surface area contributed by atoms with Gasteiger partial charge in [-0.15, -0.1) is 11.3 Å². The van der Waals surface area contributed by atoms with Crippen LogP contribution in [0.25, 0.3) is 0 Å². The molecule has 0 radical (unpaired) electrons. The van der Waals surface area contributed by atoms with Gasteiger partial charge in [-0.25, -0.2) is 0 Å². The maximum absolute atomic E-state index is 11.9. The smallest absolute Gasteiger partial charge is 0.261 e. The van der Waals surface area contributed by atoms with Crippen LogP contribution in [0.4, 0.5) is 0 Å². The first kappa shape index (κ1) is 13.3. The monoisotopic (exact) mass is 324 g/mol. The predicted octanol–water partition coefficient (Wildman–Crippen LogP) is 2.90. The standard InChI is InChI=1S/C13H13BrN2OS/c14-12-6-5-11(18-12)13(17)16-8-10-4-2-1-3-9(10)7-15/h1-6H,7-8,15H2,(H,16,17). The van der Waals surface area contributed by atoms with Crippen LogP contribution in [0.2, 0.25) is 0 Å². The second-order valence-electron chi connectivity index (χ2n) is 3.76. The van der Waals surface area contributed by atoms with Crippen molar-refractivity contribution in [2.24, 2.45) is 5.73 Å². The summed E-state index contributed by atoms with van der Waals surface area (Å²) < 4.78 is 0.954. The molecule has 0 atom stereocenters. The average molecular weight is 325 g/mol. The molecule has 0 bridgehead atoms. The maximum atomic E-state index is 11.9. The predicted molar refractivity (Wildman–Crippen MR) is 77.5 cm³/mol. The van der Waals surface area contributed by atoms with Crippen molar-refractivity contribution in [2.75, 3.05) is 0 Å². The molecule has 1 heterocycles. The van der Waals surface area contributed by atoms with Gasteiger partial charge in [-0.1, -0.05) is 24.3 Å². The highest BCUT2D eigenvalue weighted by Gasteiger charge is 2.08. The van der Waals surface area contributed by atoms with Crippen LogP contribution in [0.15, 0.2) is 40.2 Å². The van der Waals surface area contributed by atoms with E-state index in [1.165, 1.54) is 11.3 Å². The van der Waals surface area contributed by atoms with E-state index in [0.29, 0.717) is 18.0 Å². The number of carbonyl (C=O) groups is 1. The van der Waals surface area contributed by atoms with Crippen LogP contribution >= 0.6 is 27.3 Å². The molecule has 0 fully saturated rings. The van der Waals surface area contributed by atoms with Crippen molar-refractivity contribution in [1.29, 1.82) is 0 Å². The molecular formula is C13H13BrN2OS. The van der Waals surface area contributed by atoms with E-state index in [1.54, 1.807) is 6.07 Å². The molecule has 0 aliphatic rings. The van der Waals surface area contributed by atoms with Crippen molar-refractivity contribution in [3.8, 4) is 0 Å². The van der Waals surface area contributed by atoms with Gasteiger partial charge in [-0.2, -0.15) is 0 Å². The van der Waals surface area contributed by atoms with Gasteiger partial charge in [0.25, 0.3) is 5.91 Å². The van der Waals surface area contributed by atoms with E-state index in [0.717, 1.165) is 14.9 Å². The number of thiophene rings is 1. The molecule has 18 heavy (non-hydrogen) atoms. The Morgan fingerprint density at radius 2 is 1.94 bits per heavy atom. The molecule has 2 aromatic rings. The Morgan fingerprint density at radius 3 is 2.56 bits per heavy atom. The third-order valence-corrected chi connectivity index (χ3v) is 4.20. The van der Waals surface area contributed by atoms with Crippen molar-refractivity contribution in [3.05, 3.63) is 56.2 Å². The van der Waals surface area contributed by atoms with Gasteiger partial charge in [0.1, 0.15) is 0 Å². The summed E-state index contributed by atoms with van der Waals surface area (Å²) in [6, 6.07) is 11.5. The number of halogens is 1. The van der Waals surface area contributed by atoms with Gasteiger partial charge >= 0.3 is 0 Å². The second kappa shape index (κ2) is 6.13. The van der Waals surface area contributed by atoms with Gasteiger partial charge in [0.2, 0.25) is 0 Å². The molecule has 0 saturated carbocycles. The van der Waals surface area contributed by atoms with Gasteiger partial charge in [-0.05, 0) is 39.2 Å². The van der Waals surface area contributed by atoms with Crippen molar-refractivity contribution in [3.63, 3.8) is 0 Å². The van der Waals surface area contributed by atoms with Crippen LogP contribution in [0.5, 0.6) is 0 Å². The molecule has 0 spiro atoms. The SMILES string of the molecule is NCc1ccccc1CNC(=O)c1ccc(Br)s1. The van der Waals surface area contributed by atoms with Crippen LogP contribution in [0.1, 0.15) is 20.8 Å². The minimum Gasteiger partial charge on any atom is -0.347 e. The molecule has 0 saturated heterocycles. The fraction of sp³-hybridized carbons (Fsp3) is 0.154. The number of nitrogens with two attached hydrogens (primary N) is 1. The molecule has 0 aliphatic heterocycles. The van der Waals surface area contributed by atoms with E-state index in [4.69, 9.17) is 5.73 Å². The van der Waals surface area contributed by atoms with Gasteiger partial charge in [0.15, 0.2) is 0 Å². The average Bonchev–Trinajstić information content (AvgIpc) is 2.83. The molecule has 3 nitrogen and oxygen atoms in total.